The van der Waals surface area contributed by atoms with Crippen molar-refractivity contribution in [3.8, 4) is 28.6 Å². The Labute approximate surface area is 163 Å². The molecule has 0 atom stereocenters. The number of ether oxygens (including phenoxy) is 1. The minimum Gasteiger partial charge on any atom is -0.507 e. The summed E-state index contributed by atoms with van der Waals surface area (Å²) in [5.74, 6) is -0.0827. The van der Waals surface area contributed by atoms with Crippen LogP contribution in [0.3, 0.4) is 0 Å². The molecular formula is C17H15N5O5S. The maximum absolute atomic E-state index is 11.0. The van der Waals surface area contributed by atoms with Crippen molar-refractivity contribution in [3.05, 3.63) is 56.8 Å². The largest absolute Gasteiger partial charge is 0.507 e. The molecule has 3 N–H and O–H groups in total. The lowest BCUT2D eigenvalue weighted by atomic mass is 10.2. The third kappa shape index (κ3) is 3.69. The minimum absolute atomic E-state index is 0.0247. The van der Waals surface area contributed by atoms with Gasteiger partial charge in [-0.25, -0.2) is 5.10 Å². The molecule has 0 saturated carbocycles. The fraction of sp³-hybridized carbons (Fsp3) is 0.118. The van der Waals surface area contributed by atoms with Crippen molar-refractivity contribution >= 4 is 24.1 Å². The first-order chi connectivity index (χ1) is 13.4. The molecule has 0 aliphatic heterocycles. The van der Waals surface area contributed by atoms with E-state index in [2.05, 4.69) is 15.3 Å². The number of aromatic nitrogens is 3. The summed E-state index contributed by atoms with van der Waals surface area (Å²) in [6, 6.07) is 9.06. The van der Waals surface area contributed by atoms with Crippen molar-refractivity contribution in [2.75, 3.05) is 6.61 Å². The molecule has 3 aromatic rings. The third-order valence-electron chi connectivity index (χ3n) is 3.71. The number of hydrogen-bond acceptors (Lipinski definition) is 8. The number of H-pyrrole nitrogens is 1. The summed E-state index contributed by atoms with van der Waals surface area (Å²) in [4.78, 5) is 10.2. The molecule has 1 heterocycles. The van der Waals surface area contributed by atoms with Crippen molar-refractivity contribution in [1.82, 2.24) is 14.9 Å². The highest BCUT2D eigenvalue weighted by molar-refractivity contribution is 7.71. The van der Waals surface area contributed by atoms with Gasteiger partial charge in [-0.2, -0.15) is 14.9 Å². The van der Waals surface area contributed by atoms with Crippen molar-refractivity contribution < 1.29 is 19.9 Å². The molecule has 0 bridgehead atoms. The molecule has 28 heavy (non-hydrogen) atoms. The first-order valence-corrected chi connectivity index (χ1v) is 8.47. The van der Waals surface area contributed by atoms with Gasteiger partial charge in [-0.05, 0) is 31.3 Å². The van der Waals surface area contributed by atoms with Gasteiger partial charge in [0.1, 0.15) is 11.5 Å². The van der Waals surface area contributed by atoms with E-state index in [0.29, 0.717) is 23.7 Å². The van der Waals surface area contributed by atoms with Gasteiger partial charge >= 0.3 is 5.69 Å². The van der Waals surface area contributed by atoms with Crippen LogP contribution >= 0.6 is 12.2 Å². The number of phenols is 2. The zero-order chi connectivity index (χ0) is 20.3. The number of nitrogens with zero attached hydrogens (tertiary/aromatic N) is 4. The van der Waals surface area contributed by atoms with Crippen LogP contribution in [0, 0.1) is 14.9 Å². The van der Waals surface area contributed by atoms with E-state index in [1.807, 2.05) is 13.0 Å². The Balaban J connectivity index is 2.06. The van der Waals surface area contributed by atoms with Crippen LogP contribution in [0.15, 0.2) is 41.5 Å². The first kappa shape index (κ1) is 19.0. The van der Waals surface area contributed by atoms with Gasteiger partial charge in [0.25, 0.3) is 0 Å². The summed E-state index contributed by atoms with van der Waals surface area (Å²) in [7, 11) is 0. The van der Waals surface area contributed by atoms with E-state index in [9.17, 15) is 20.3 Å². The van der Waals surface area contributed by atoms with E-state index < -0.39 is 16.4 Å². The molecule has 0 unspecified atom stereocenters. The molecule has 0 amide bonds. The zero-order valence-electron chi connectivity index (χ0n) is 14.6. The van der Waals surface area contributed by atoms with Crippen LogP contribution in [-0.2, 0) is 0 Å². The number of hydrogen-bond donors (Lipinski definition) is 3. The van der Waals surface area contributed by atoms with Crippen LogP contribution in [0.5, 0.6) is 17.2 Å². The lowest BCUT2D eigenvalue weighted by Gasteiger charge is -2.08. The lowest BCUT2D eigenvalue weighted by Crippen LogP contribution is -1.99. The number of phenolic OH excluding ortho intramolecular Hbond substituents is 2. The van der Waals surface area contributed by atoms with Crippen molar-refractivity contribution in [3.63, 3.8) is 0 Å². The second kappa shape index (κ2) is 7.88. The smallest absolute Gasteiger partial charge is 0.311 e. The summed E-state index contributed by atoms with van der Waals surface area (Å²) in [6.45, 7) is 2.31. The van der Waals surface area contributed by atoms with Crippen LogP contribution in [0.2, 0.25) is 0 Å². The molecule has 0 fully saturated rings. The lowest BCUT2D eigenvalue weighted by molar-refractivity contribution is -0.385. The highest BCUT2D eigenvalue weighted by Crippen LogP contribution is 2.32. The highest BCUT2D eigenvalue weighted by Gasteiger charge is 2.17. The molecule has 10 nitrogen and oxygen atoms in total. The summed E-state index contributed by atoms with van der Waals surface area (Å²) in [6.07, 6.45) is 1.18. The van der Waals surface area contributed by atoms with Gasteiger partial charge in [0.15, 0.2) is 11.6 Å². The Morgan fingerprint density at radius 3 is 2.82 bits per heavy atom. The van der Waals surface area contributed by atoms with Gasteiger partial charge in [-0.3, -0.25) is 10.1 Å². The molecule has 1 aromatic heterocycles. The Kier molecular flexibility index (Phi) is 5.36. The van der Waals surface area contributed by atoms with Gasteiger partial charge in [-0.15, -0.1) is 0 Å². The average Bonchev–Trinajstić information content (AvgIpc) is 3.02. The Hall–Kier alpha value is -3.73. The monoisotopic (exact) mass is 401 g/mol. The summed E-state index contributed by atoms with van der Waals surface area (Å²) in [5.41, 5.74) is 0.100. The van der Waals surface area contributed by atoms with Crippen molar-refractivity contribution in [2.24, 2.45) is 5.10 Å². The molecule has 0 spiro atoms. The predicted molar refractivity (Wildman–Crippen MR) is 103 cm³/mol. The Morgan fingerprint density at radius 1 is 1.36 bits per heavy atom. The van der Waals surface area contributed by atoms with Crippen LogP contribution < -0.4 is 4.74 Å². The maximum atomic E-state index is 11.0. The zero-order valence-corrected chi connectivity index (χ0v) is 15.4. The molecular weight excluding hydrogens is 386 g/mol. The summed E-state index contributed by atoms with van der Waals surface area (Å²) in [5, 5.41) is 41.5. The average molecular weight is 401 g/mol. The van der Waals surface area contributed by atoms with E-state index in [4.69, 9.17) is 17.0 Å². The number of para-hydroxylation sites is 1. The van der Waals surface area contributed by atoms with E-state index in [0.717, 1.165) is 12.1 Å². The van der Waals surface area contributed by atoms with Gasteiger partial charge in [0, 0.05) is 17.7 Å². The number of aromatic amines is 1. The fourth-order valence-corrected chi connectivity index (χ4v) is 2.64. The Morgan fingerprint density at radius 2 is 2.11 bits per heavy atom. The molecule has 0 radical (unpaired) electrons. The SMILES string of the molecule is CCOc1ccccc1-c1n[nH]c(=S)n1/N=C\c1cc([N+](=O)[O-])c(O)cc1O. The number of aromatic hydroxyl groups is 2. The van der Waals surface area contributed by atoms with Crippen molar-refractivity contribution in [2.45, 2.75) is 6.92 Å². The molecule has 3 rings (SSSR count). The highest BCUT2D eigenvalue weighted by atomic mass is 32.1. The van der Waals surface area contributed by atoms with Crippen LogP contribution in [0.25, 0.3) is 11.4 Å². The summed E-state index contributed by atoms with van der Waals surface area (Å²) < 4.78 is 7.07. The second-order valence-corrected chi connectivity index (χ2v) is 5.88. The topological polar surface area (TPSA) is 139 Å². The number of nitro benzene ring substituents is 1. The third-order valence-corrected chi connectivity index (χ3v) is 3.98. The van der Waals surface area contributed by atoms with E-state index >= 15 is 0 Å². The van der Waals surface area contributed by atoms with Crippen LogP contribution in [0.4, 0.5) is 5.69 Å². The van der Waals surface area contributed by atoms with E-state index in [-0.39, 0.29) is 16.1 Å². The second-order valence-electron chi connectivity index (χ2n) is 5.49. The maximum Gasteiger partial charge on any atom is 0.311 e. The molecule has 2 aromatic carbocycles. The predicted octanol–water partition coefficient (Wildman–Crippen LogP) is 3.21. The molecule has 0 aliphatic carbocycles. The normalized spacial score (nSPS) is 11.0. The molecule has 11 heteroatoms. The minimum atomic E-state index is -0.765. The van der Waals surface area contributed by atoms with Crippen LogP contribution in [-0.4, -0.2) is 42.8 Å². The fourth-order valence-electron chi connectivity index (χ4n) is 2.46. The number of rotatable bonds is 6. The van der Waals surface area contributed by atoms with Gasteiger partial charge < -0.3 is 14.9 Å². The van der Waals surface area contributed by atoms with Crippen molar-refractivity contribution in [1.29, 1.82) is 0 Å². The number of nitro groups is 1. The van der Waals surface area contributed by atoms with E-state index in [1.165, 1.54) is 10.9 Å². The van der Waals surface area contributed by atoms with Gasteiger partial charge in [0.2, 0.25) is 4.77 Å². The molecule has 144 valence electrons. The standard InChI is InChI=1S/C17H15N5O5S/c1-2-27-15-6-4-3-5-11(15)16-19-20-17(28)21(16)18-9-10-7-12(22(25)26)14(24)8-13(10)23/h3-9,23-24H,2H2,1H3,(H,20,28)/b18-9-. The number of benzene rings is 2. The number of nitrogens with one attached hydrogen (secondary N) is 1. The quantitative estimate of drug-likeness (QED) is 0.249. The molecule has 0 saturated heterocycles. The first-order valence-electron chi connectivity index (χ1n) is 8.06. The van der Waals surface area contributed by atoms with Crippen LogP contribution in [0.1, 0.15) is 12.5 Å². The Bertz CT molecular complexity index is 1120. The van der Waals surface area contributed by atoms with Gasteiger partial charge in [0.05, 0.1) is 23.3 Å². The van der Waals surface area contributed by atoms with Gasteiger partial charge in [-0.1, -0.05) is 12.1 Å². The summed E-state index contributed by atoms with van der Waals surface area (Å²) >= 11 is 5.20. The molecule has 0 aliphatic rings. The van der Waals surface area contributed by atoms with E-state index in [1.54, 1.807) is 18.2 Å².